The SMILES string of the molecule is CC/C=C/CC1(c2ccc(F)cc2)CCCCC1. The molecule has 0 unspecified atom stereocenters. The fraction of sp³-hybridized carbons (Fsp3) is 0.529. The molecular formula is C17H23F. The lowest BCUT2D eigenvalue weighted by Crippen LogP contribution is -2.28. The predicted octanol–water partition coefficient (Wildman–Crippen LogP) is 5.38. The Bertz CT molecular complexity index is 383. The summed E-state index contributed by atoms with van der Waals surface area (Å²) in [7, 11) is 0. The minimum atomic E-state index is -0.131. The van der Waals surface area contributed by atoms with Gasteiger partial charge in [0, 0.05) is 0 Å². The van der Waals surface area contributed by atoms with Crippen molar-refractivity contribution in [2.75, 3.05) is 0 Å². The van der Waals surface area contributed by atoms with Gasteiger partial charge in [-0.3, -0.25) is 0 Å². The van der Waals surface area contributed by atoms with Gasteiger partial charge in [-0.05, 0) is 48.8 Å². The Hall–Kier alpha value is -1.11. The zero-order chi connectivity index (χ0) is 12.8. The van der Waals surface area contributed by atoms with Crippen molar-refractivity contribution in [3.8, 4) is 0 Å². The van der Waals surface area contributed by atoms with Crippen LogP contribution in [0.25, 0.3) is 0 Å². The highest BCUT2D eigenvalue weighted by Crippen LogP contribution is 2.42. The Labute approximate surface area is 110 Å². The van der Waals surface area contributed by atoms with E-state index in [4.69, 9.17) is 0 Å². The fourth-order valence-electron chi connectivity index (χ4n) is 3.12. The Morgan fingerprint density at radius 1 is 1.06 bits per heavy atom. The van der Waals surface area contributed by atoms with Crippen LogP contribution in [0, 0.1) is 5.82 Å². The zero-order valence-corrected chi connectivity index (χ0v) is 11.3. The van der Waals surface area contributed by atoms with Gasteiger partial charge in [0.1, 0.15) is 5.82 Å². The van der Waals surface area contributed by atoms with Crippen molar-refractivity contribution in [1.29, 1.82) is 0 Å². The van der Waals surface area contributed by atoms with Crippen LogP contribution in [-0.2, 0) is 5.41 Å². The molecule has 0 N–H and O–H groups in total. The Morgan fingerprint density at radius 2 is 1.72 bits per heavy atom. The molecule has 98 valence electrons. The van der Waals surface area contributed by atoms with E-state index in [1.165, 1.54) is 37.7 Å². The summed E-state index contributed by atoms with van der Waals surface area (Å²) in [6, 6.07) is 7.19. The van der Waals surface area contributed by atoms with Gasteiger partial charge in [0.05, 0.1) is 0 Å². The molecule has 1 heteroatoms. The van der Waals surface area contributed by atoms with Gasteiger partial charge in [0.15, 0.2) is 0 Å². The molecule has 1 saturated carbocycles. The number of hydrogen-bond acceptors (Lipinski definition) is 0. The van der Waals surface area contributed by atoms with Gasteiger partial charge in [-0.15, -0.1) is 0 Å². The molecule has 0 amide bonds. The molecule has 1 fully saturated rings. The van der Waals surface area contributed by atoms with Crippen molar-refractivity contribution in [2.24, 2.45) is 0 Å². The first kappa shape index (κ1) is 13.3. The summed E-state index contributed by atoms with van der Waals surface area (Å²) in [5, 5.41) is 0. The van der Waals surface area contributed by atoms with Gasteiger partial charge in [-0.25, -0.2) is 4.39 Å². The van der Waals surface area contributed by atoms with E-state index in [9.17, 15) is 4.39 Å². The standard InChI is InChI=1S/C17H23F/c1-2-3-5-12-17(13-6-4-7-14-17)15-8-10-16(18)11-9-15/h3,5,8-11H,2,4,6-7,12-14H2,1H3/b5-3+. The van der Waals surface area contributed by atoms with Gasteiger partial charge in [0.25, 0.3) is 0 Å². The number of halogens is 1. The monoisotopic (exact) mass is 246 g/mol. The lowest BCUT2D eigenvalue weighted by atomic mass is 9.67. The molecule has 18 heavy (non-hydrogen) atoms. The molecule has 0 bridgehead atoms. The highest BCUT2D eigenvalue weighted by atomic mass is 19.1. The molecular weight excluding hydrogens is 223 g/mol. The van der Waals surface area contributed by atoms with E-state index in [2.05, 4.69) is 19.1 Å². The van der Waals surface area contributed by atoms with E-state index in [-0.39, 0.29) is 11.2 Å². The summed E-state index contributed by atoms with van der Waals surface area (Å²) in [5.74, 6) is -0.131. The Balaban J connectivity index is 2.23. The second-order valence-corrected chi connectivity index (χ2v) is 5.43. The number of allylic oxidation sites excluding steroid dienone is 2. The third kappa shape index (κ3) is 3.01. The maximum absolute atomic E-state index is 13.1. The molecule has 0 aromatic heterocycles. The smallest absolute Gasteiger partial charge is 0.123 e. The highest BCUT2D eigenvalue weighted by Gasteiger charge is 2.32. The normalized spacial score (nSPS) is 19.2. The Kier molecular flexibility index (Phi) is 4.57. The van der Waals surface area contributed by atoms with Crippen LogP contribution in [0.4, 0.5) is 4.39 Å². The molecule has 0 nitrogen and oxygen atoms in total. The van der Waals surface area contributed by atoms with Crippen molar-refractivity contribution >= 4 is 0 Å². The van der Waals surface area contributed by atoms with Crippen LogP contribution in [0.5, 0.6) is 0 Å². The first-order valence-electron chi connectivity index (χ1n) is 7.18. The largest absolute Gasteiger partial charge is 0.207 e. The predicted molar refractivity (Wildman–Crippen MR) is 75.2 cm³/mol. The molecule has 0 aliphatic heterocycles. The minimum Gasteiger partial charge on any atom is -0.207 e. The molecule has 1 aromatic rings. The third-order valence-corrected chi connectivity index (χ3v) is 4.18. The maximum Gasteiger partial charge on any atom is 0.123 e. The molecule has 1 aliphatic carbocycles. The second kappa shape index (κ2) is 6.17. The summed E-state index contributed by atoms with van der Waals surface area (Å²) >= 11 is 0. The van der Waals surface area contributed by atoms with Crippen LogP contribution in [0.15, 0.2) is 36.4 Å². The van der Waals surface area contributed by atoms with Crippen LogP contribution in [0.3, 0.4) is 0 Å². The van der Waals surface area contributed by atoms with Gasteiger partial charge >= 0.3 is 0 Å². The van der Waals surface area contributed by atoms with Crippen molar-refractivity contribution in [3.05, 3.63) is 47.8 Å². The summed E-state index contributed by atoms with van der Waals surface area (Å²) in [6.45, 7) is 2.17. The molecule has 0 saturated heterocycles. The van der Waals surface area contributed by atoms with Crippen molar-refractivity contribution in [2.45, 2.75) is 57.3 Å². The van der Waals surface area contributed by atoms with Gasteiger partial charge in [-0.1, -0.05) is 50.5 Å². The van der Waals surface area contributed by atoms with Crippen molar-refractivity contribution < 1.29 is 4.39 Å². The topological polar surface area (TPSA) is 0 Å². The Morgan fingerprint density at radius 3 is 2.33 bits per heavy atom. The quantitative estimate of drug-likeness (QED) is 0.625. The molecule has 1 aromatic carbocycles. The number of hydrogen-bond donors (Lipinski definition) is 0. The summed E-state index contributed by atoms with van der Waals surface area (Å²) < 4.78 is 13.1. The second-order valence-electron chi connectivity index (χ2n) is 5.43. The van der Waals surface area contributed by atoms with Crippen LogP contribution in [0.2, 0.25) is 0 Å². The van der Waals surface area contributed by atoms with E-state index in [1.807, 2.05) is 12.1 Å². The summed E-state index contributed by atoms with van der Waals surface area (Å²) in [6.07, 6.45) is 13.2. The van der Waals surface area contributed by atoms with E-state index < -0.39 is 0 Å². The maximum atomic E-state index is 13.1. The lowest BCUT2D eigenvalue weighted by Gasteiger charge is -2.37. The highest BCUT2D eigenvalue weighted by molar-refractivity contribution is 5.27. The fourth-order valence-corrected chi connectivity index (χ4v) is 3.12. The van der Waals surface area contributed by atoms with E-state index in [0.29, 0.717) is 0 Å². The summed E-state index contributed by atoms with van der Waals surface area (Å²) in [5.41, 5.74) is 1.59. The van der Waals surface area contributed by atoms with Gasteiger partial charge in [-0.2, -0.15) is 0 Å². The number of rotatable bonds is 4. The third-order valence-electron chi connectivity index (χ3n) is 4.18. The molecule has 0 heterocycles. The van der Waals surface area contributed by atoms with E-state index >= 15 is 0 Å². The van der Waals surface area contributed by atoms with Crippen LogP contribution in [-0.4, -0.2) is 0 Å². The first-order chi connectivity index (χ1) is 8.77. The average molecular weight is 246 g/mol. The van der Waals surface area contributed by atoms with Crippen LogP contribution >= 0.6 is 0 Å². The number of benzene rings is 1. The molecule has 0 spiro atoms. The van der Waals surface area contributed by atoms with Crippen LogP contribution in [0.1, 0.15) is 57.4 Å². The minimum absolute atomic E-state index is 0.131. The summed E-state index contributed by atoms with van der Waals surface area (Å²) in [4.78, 5) is 0. The van der Waals surface area contributed by atoms with Gasteiger partial charge in [0.2, 0.25) is 0 Å². The molecule has 0 atom stereocenters. The molecule has 1 aliphatic rings. The van der Waals surface area contributed by atoms with Crippen molar-refractivity contribution in [3.63, 3.8) is 0 Å². The van der Waals surface area contributed by atoms with Crippen molar-refractivity contribution in [1.82, 2.24) is 0 Å². The lowest BCUT2D eigenvalue weighted by molar-refractivity contribution is 0.294. The van der Waals surface area contributed by atoms with E-state index in [1.54, 1.807) is 12.1 Å². The van der Waals surface area contributed by atoms with Gasteiger partial charge < -0.3 is 0 Å². The zero-order valence-electron chi connectivity index (χ0n) is 11.3. The van der Waals surface area contributed by atoms with Crippen LogP contribution < -0.4 is 0 Å². The first-order valence-corrected chi connectivity index (χ1v) is 7.18. The average Bonchev–Trinajstić information content (AvgIpc) is 2.41. The van der Waals surface area contributed by atoms with E-state index in [0.717, 1.165) is 12.8 Å². The molecule has 2 rings (SSSR count). The molecule has 0 radical (unpaired) electrons.